The number of nitrogens with zero attached hydrogens (tertiary/aromatic N) is 1. The number of rotatable bonds is 7. The lowest BCUT2D eigenvalue weighted by atomic mass is 10.2. The molecule has 0 aliphatic heterocycles. The lowest BCUT2D eigenvalue weighted by Gasteiger charge is -2.12. The summed E-state index contributed by atoms with van der Waals surface area (Å²) < 4.78 is 50.7. The van der Waals surface area contributed by atoms with Gasteiger partial charge in [-0.25, -0.2) is 13.4 Å². The van der Waals surface area contributed by atoms with Crippen LogP contribution in [-0.4, -0.2) is 33.7 Å². The van der Waals surface area contributed by atoms with E-state index in [2.05, 4.69) is 9.71 Å². The molecule has 0 aliphatic rings. The molecule has 2 aromatic rings. The fourth-order valence-electron chi connectivity index (χ4n) is 1.85. The van der Waals surface area contributed by atoms with Crippen molar-refractivity contribution in [3.63, 3.8) is 0 Å². The van der Waals surface area contributed by atoms with Crippen LogP contribution < -0.4 is 9.46 Å². The van der Waals surface area contributed by atoms with Crippen LogP contribution in [0.4, 0.5) is 10.1 Å². The van der Waals surface area contributed by atoms with Crippen molar-refractivity contribution in [1.82, 2.24) is 4.98 Å². The average molecular weight is 340 g/mol. The van der Waals surface area contributed by atoms with Crippen molar-refractivity contribution >= 4 is 15.7 Å². The third-order valence-electron chi connectivity index (χ3n) is 3.01. The van der Waals surface area contributed by atoms with Crippen molar-refractivity contribution in [2.24, 2.45) is 0 Å². The van der Waals surface area contributed by atoms with Crippen molar-refractivity contribution in [2.75, 3.05) is 25.0 Å². The molecule has 6 nitrogen and oxygen atoms in total. The number of aromatic nitrogens is 1. The van der Waals surface area contributed by atoms with Crippen LogP contribution >= 0.6 is 0 Å². The minimum absolute atomic E-state index is 0.340. The Hall–Kier alpha value is -2.19. The highest BCUT2D eigenvalue weighted by molar-refractivity contribution is 7.92. The molecule has 124 valence electrons. The van der Waals surface area contributed by atoms with Gasteiger partial charge in [0.15, 0.2) is 0 Å². The summed E-state index contributed by atoms with van der Waals surface area (Å²) in [6, 6.07) is 7.38. The van der Waals surface area contributed by atoms with E-state index in [9.17, 15) is 12.8 Å². The fourth-order valence-corrected chi connectivity index (χ4v) is 3.02. The minimum atomic E-state index is -4.05. The molecule has 0 saturated carbocycles. The Morgan fingerprint density at radius 2 is 2.04 bits per heavy atom. The van der Waals surface area contributed by atoms with E-state index in [4.69, 9.17) is 9.47 Å². The average Bonchev–Trinajstić information content (AvgIpc) is 2.50. The number of sulfonamides is 1. The molecule has 1 aromatic carbocycles. The Kier molecular flexibility index (Phi) is 5.51. The summed E-state index contributed by atoms with van der Waals surface area (Å²) in [5.74, 6) is -0.452. The van der Waals surface area contributed by atoms with Crippen LogP contribution in [-0.2, 0) is 14.8 Å². The molecule has 1 heterocycles. The number of halogens is 1. The van der Waals surface area contributed by atoms with Crippen LogP contribution in [0.3, 0.4) is 0 Å². The molecule has 0 saturated heterocycles. The molecule has 0 unspecified atom stereocenters. The highest BCUT2D eigenvalue weighted by Crippen LogP contribution is 2.24. The van der Waals surface area contributed by atoms with Crippen LogP contribution in [0.1, 0.15) is 5.56 Å². The second-order valence-corrected chi connectivity index (χ2v) is 6.37. The molecule has 0 amide bonds. The molecule has 1 aromatic heterocycles. The van der Waals surface area contributed by atoms with Crippen molar-refractivity contribution < 1.29 is 22.3 Å². The number of nitrogens with one attached hydrogen (secondary N) is 1. The molecule has 0 spiro atoms. The monoisotopic (exact) mass is 340 g/mol. The minimum Gasteiger partial charge on any atom is -0.491 e. The lowest BCUT2D eigenvalue weighted by molar-refractivity contribution is 0.146. The third-order valence-corrected chi connectivity index (χ3v) is 4.38. The summed E-state index contributed by atoms with van der Waals surface area (Å²) in [5.41, 5.74) is 0.986. The molecule has 8 heteroatoms. The van der Waals surface area contributed by atoms with E-state index in [-0.39, 0.29) is 0 Å². The molecular weight excluding hydrogens is 323 g/mol. The molecule has 0 atom stereocenters. The van der Waals surface area contributed by atoms with Gasteiger partial charge in [-0.15, -0.1) is 0 Å². The normalized spacial score (nSPS) is 11.3. The summed E-state index contributed by atoms with van der Waals surface area (Å²) in [6.07, 6.45) is 1.19. The van der Waals surface area contributed by atoms with Crippen LogP contribution in [0.5, 0.6) is 5.75 Å². The fraction of sp³-hybridized carbons (Fsp3) is 0.267. The molecule has 1 N–H and O–H groups in total. The number of hydrogen-bond donors (Lipinski definition) is 1. The van der Waals surface area contributed by atoms with E-state index in [1.807, 2.05) is 0 Å². The van der Waals surface area contributed by atoms with E-state index in [1.165, 1.54) is 12.3 Å². The highest BCUT2D eigenvalue weighted by atomic mass is 32.2. The van der Waals surface area contributed by atoms with Crippen LogP contribution in [0.25, 0.3) is 0 Å². The SMILES string of the molecule is COCCOc1ccc(NS(=O)(=O)c2cccnc2F)c(C)c1. The number of pyridine rings is 1. The van der Waals surface area contributed by atoms with Gasteiger partial charge < -0.3 is 9.47 Å². The van der Waals surface area contributed by atoms with E-state index in [0.29, 0.717) is 30.2 Å². The zero-order valence-corrected chi connectivity index (χ0v) is 13.6. The van der Waals surface area contributed by atoms with Gasteiger partial charge in [-0.1, -0.05) is 0 Å². The van der Waals surface area contributed by atoms with Crippen molar-refractivity contribution in [3.05, 3.63) is 48.0 Å². The van der Waals surface area contributed by atoms with Crippen molar-refractivity contribution in [2.45, 2.75) is 11.8 Å². The van der Waals surface area contributed by atoms with Gasteiger partial charge in [0.05, 0.1) is 12.3 Å². The third kappa shape index (κ3) is 4.40. The quantitative estimate of drug-likeness (QED) is 0.618. The van der Waals surface area contributed by atoms with Crippen LogP contribution in [0.15, 0.2) is 41.4 Å². The van der Waals surface area contributed by atoms with Gasteiger partial charge in [-0.3, -0.25) is 4.72 Å². The van der Waals surface area contributed by atoms with Gasteiger partial charge in [0.1, 0.15) is 17.3 Å². The second kappa shape index (κ2) is 7.38. The van der Waals surface area contributed by atoms with Crippen molar-refractivity contribution in [3.8, 4) is 5.75 Å². The first-order valence-corrected chi connectivity index (χ1v) is 8.28. The zero-order chi connectivity index (χ0) is 16.9. The number of hydrogen-bond acceptors (Lipinski definition) is 5. The predicted molar refractivity (Wildman–Crippen MR) is 83.6 cm³/mol. The Labute approximate surface area is 134 Å². The largest absolute Gasteiger partial charge is 0.491 e. The molecular formula is C15H17FN2O4S. The Morgan fingerprint density at radius 3 is 2.70 bits per heavy atom. The van der Waals surface area contributed by atoms with E-state index < -0.39 is 20.9 Å². The van der Waals surface area contributed by atoms with Crippen LogP contribution in [0.2, 0.25) is 0 Å². The first kappa shape index (κ1) is 17.2. The van der Waals surface area contributed by atoms with Crippen LogP contribution in [0, 0.1) is 12.9 Å². The molecule has 0 aliphatic carbocycles. The topological polar surface area (TPSA) is 77.5 Å². The molecule has 2 rings (SSSR count). The van der Waals surface area contributed by atoms with E-state index in [1.54, 1.807) is 32.2 Å². The molecule has 0 bridgehead atoms. The molecule has 0 fully saturated rings. The summed E-state index contributed by atoms with van der Waals surface area (Å²) in [7, 11) is -2.48. The summed E-state index contributed by atoms with van der Waals surface area (Å²) >= 11 is 0. The maximum Gasteiger partial charge on any atom is 0.266 e. The first-order valence-electron chi connectivity index (χ1n) is 6.80. The van der Waals surface area contributed by atoms with Crippen molar-refractivity contribution in [1.29, 1.82) is 0 Å². The second-order valence-electron chi connectivity index (χ2n) is 4.72. The smallest absolute Gasteiger partial charge is 0.266 e. The number of ether oxygens (including phenoxy) is 2. The Bertz CT molecular complexity index is 781. The summed E-state index contributed by atoms with van der Waals surface area (Å²) in [6.45, 7) is 2.57. The van der Waals surface area contributed by atoms with Gasteiger partial charge in [0.25, 0.3) is 10.0 Å². The maximum absolute atomic E-state index is 13.6. The standard InChI is InChI=1S/C15H17FN2O4S/c1-11-10-12(22-9-8-21-2)5-6-13(11)18-23(19,20)14-4-3-7-17-15(14)16/h3-7,10,18H,8-9H2,1-2H3. The summed E-state index contributed by atoms with van der Waals surface area (Å²) in [5, 5.41) is 0. The zero-order valence-electron chi connectivity index (χ0n) is 12.7. The Morgan fingerprint density at radius 1 is 1.26 bits per heavy atom. The predicted octanol–water partition coefficient (Wildman–Crippen LogP) is 2.36. The van der Waals surface area contributed by atoms with E-state index >= 15 is 0 Å². The maximum atomic E-state index is 13.6. The van der Waals surface area contributed by atoms with Gasteiger partial charge in [-0.2, -0.15) is 4.39 Å². The Balaban J connectivity index is 2.18. The first-order chi connectivity index (χ1) is 10.9. The summed E-state index contributed by atoms with van der Waals surface area (Å²) in [4.78, 5) is 2.85. The molecule has 0 radical (unpaired) electrons. The number of methoxy groups -OCH3 is 1. The number of benzene rings is 1. The van der Waals surface area contributed by atoms with Gasteiger partial charge in [-0.05, 0) is 42.8 Å². The highest BCUT2D eigenvalue weighted by Gasteiger charge is 2.20. The number of aryl methyl sites for hydroxylation is 1. The van der Waals surface area contributed by atoms with Gasteiger partial charge in [0, 0.05) is 13.3 Å². The number of anilines is 1. The lowest BCUT2D eigenvalue weighted by Crippen LogP contribution is -2.16. The molecule has 23 heavy (non-hydrogen) atoms. The van der Waals surface area contributed by atoms with E-state index in [0.717, 1.165) is 6.07 Å². The van der Waals surface area contributed by atoms with Gasteiger partial charge >= 0.3 is 0 Å². The van der Waals surface area contributed by atoms with Gasteiger partial charge in [0.2, 0.25) is 5.95 Å².